The molecule has 142 valence electrons. The van der Waals surface area contributed by atoms with Gasteiger partial charge in [-0.3, -0.25) is 9.59 Å². The summed E-state index contributed by atoms with van der Waals surface area (Å²) in [6, 6.07) is 3.89. The van der Waals surface area contributed by atoms with Crippen molar-refractivity contribution < 1.29 is 14.7 Å². The lowest BCUT2D eigenvalue weighted by atomic mass is 9.66. The van der Waals surface area contributed by atoms with Gasteiger partial charge in [0, 0.05) is 37.6 Å². The number of carbonyl (C=O) groups excluding carboxylic acids is 2. The number of rotatable bonds is 1. The molecule has 2 aliphatic rings. The molecular weight excluding hydrogens is 338 g/mol. The van der Waals surface area contributed by atoms with Crippen molar-refractivity contribution in [2.24, 2.45) is 5.41 Å². The highest BCUT2D eigenvalue weighted by molar-refractivity contribution is 6.22. The number of Topliss-reactive ketones (excluding diaryl/α,β-unsaturated/α-hetero) is 1. The molecule has 27 heavy (non-hydrogen) atoms. The summed E-state index contributed by atoms with van der Waals surface area (Å²) in [5.74, 6) is 5.88. The standard InChI is InChI=1S/C23H27NO3/c1-5-6-18-11-15(2)21(16(3)12-18)22-19(26)13-23(14-20(22)27)7-9-24(10-8-23)17(4)25/h11-12,26H,7-10,13-14H2,1-4H3/p-1. The van der Waals surface area contributed by atoms with Crippen LogP contribution < -0.4 is 5.11 Å². The number of allylic oxidation sites excluding steroid dienone is 2. The Morgan fingerprint density at radius 3 is 2.22 bits per heavy atom. The molecule has 1 aliphatic heterocycles. The first-order valence-electron chi connectivity index (χ1n) is 9.49. The maximum Gasteiger partial charge on any atom is 0.219 e. The molecule has 0 aromatic heterocycles. The van der Waals surface area contributed by atoms with Crippen LogP contribution in [-0.2, 0) is 9.59 Å². The van der Waals surface area contributed by atoms with Gasteiger partial charge in [-0.15, -0.1) is 11.7 Å². The second-order valence-electron chi connectivity index (χ2n) is 7.94. The number of nitrogens with zero attached hydrogens (tertiary/aromatic N) is 1. The summed E-state index contributed by atoms with van der Waals surface area (Å²) in [5, 5.41) is 13.0. The fraction of sp³-hybridized carbons (Fsp3) is 0.478. The summed E-state index contributed by atoms with van der Waals surface area (Å²) >= 11 is 0. The molecule has 3 rings (SSSR count). The van der Waals surface area contributed by atoms with Gasteiger partial charge in [-0.2, -0.15) is 0 Å². The van der Waals surface area contributed by atoms with E-state index < -0.39 is 0 Å². The van der Waals surface area contributed by atoms with Gasteiger partial charge in [0.2, 0.25) is 5.91 Å². The van der Waals surface area contributed by atoms with Gasteiger partial charge >= 0.3 is 0 Å². The molecule has 1 saturated heterocycles. The molecule has 4 nitrogen and oxygen atoms in total. The first-order valence-corrected chi connectivity index (χ1v) is 9.49. The van der Waals surface area contributed by atoms with Gasteiger partial charge < -0.3 is 10.0 Å². The lowest BCUT2D eigenvalue weighted by molar-refractivity contribution is -0.310. The van der Waals surface area contributed by atoms with Crippen LogP contribution in [0.25, 0.3) is 5.57 Å². The van der Waals surface area contributed by atoms with Crippen molar-refractivity contribution in [1.82, 2.24) is 4.90 Å². The van der Waals surface area contributed by atoms with Crippen LogP contribution in [0.3, 0.4) is 0 Å². The van der Waals surface area contributed by atoms with Gasteiger partial charge in [-0.05, 0) is 74.3 Å². The van der Waals surface area contributed by atoms with Crippen molar-refractivity contribution in [2.45, 2.75) is 53.4 Å². The molecule has 1 aromatic carbocycles. The van der Waals surface area contributed by atoms with E-state index in [0.29, 0.717) is 31.5 Å². The van der Waals surface area contributed by atoms with E-state index in [-0.39, 0.29) is 22.9 Å². The van der Waals surface area contributed by atoms with Gasteiger partial charge in [-0.1, -0.05) is 5.92 Å². The van der Waals surface area contributed by atoms with Crippen LogP contribution in [0.1, 0.15) is 61.8 Å². The third kappa shape index (κ3) is 3.64. The number of ketones is 1. The molecule has 4 heteroatoms. The molecule has 1 spiro atoms. The number of benzene rings is 1. The second kappa shape index (κ2) is 7.23. The van der Waals surface area contributed by atoms with Crippen molar-refractivity contribution in [3.63, 3.8) is 0 Å². The Hall–Kier alpha value is -2.54. The number of piperidine rings is 1. The van der Waals surface area contributed by atoms with Gasteiger partial charge in [0.25, 0.3) is 0 Å². The van der Waals surface area contributed by atoms with E-state index in [1.807, 2.05) is 26.0 Å². The van der Waals surface area contributed by atoms with E-state index in [0.717, 1.165) is 35.1 Å². The highest BCUT2D eigenvalue weighted by Crippen LogP contribution is 2.46. The number of amides is 1. The zero-order valence-electron chi connectivity index (χ0n) is 16.6. The Labute approximate surface area is 161 Å². The Morgan fingerprint density at radius 2 is 1.74 bits per heavy atom. The van der Waals surface area contributed by atoms with Crippen LogP contribution in [0, 0.1) is 31.1 Å². The minimum atomic E-state index is -0.279. The van der Waals surface area contributed by atoms with Crippen molar-refractivity contribution in [3.8, 4) is 11.8 Å². The van der Waals surface area contributed by atoms with Gasteiger partial charge in [0.1, 0.15) is 0 Å². The zero-order chi connectivity index (χ0) is 19.8. The summed E-state index contributed by atoms with van der Waals surface area (Å²) in [7, 11) is 0. The highest BCUT2D eigenvalue weighted by atomic mass is 16.3. The lowest BCUT2D eigenvalue weighted by Gasteiger charge is -2.46. The second-order valence-corrected chi connectivity index (χ2v) is 7.94. The molecular formula is C23H26NO3-. The first kappa shape index (κ1) is 19.2. The summed E-state index contributed by atoms with van der Waals surface area (Å²) in [6.07, 6.45) is 2.24. The number of hydrogen-bond acceptors (Lipinski definition) is 3. The van der Waals surface area contributed by atoms with Crippen LogP contribution in [0.5, 0.6) is 0 Å². The van der Waals surface area contributed by atoms with Gasteiger partial charge in [0.15, 0.2) is 5.78 Å². The summed E-state index contributed by atoms with van der Waals surface area (Å²) < 4.78 is 0. The average Bonchev–Trinajstić information content (AvgIpc) is 2.57. The average molecular weight is 364 g/mol. The Morgan fingerprint density at radius 1 is 1.15 bits per heavy atom. The van der Waals surface area contributed by atoms with E-state index in [2.05, 4.69) is 11.8 Å². The number of likely N-dealkylation sites (tertiary alicyclic amines) is 1. The quantitative estimate of drug-likeness (QED) is 0.720. The normalized spacial score (nSPS) is 19.1. The highest BCUT2D eigenvalue weighted by Gasteiger charge is 2.40. The molecule has 0 unspecified atom stereocenters. The van der Waals surface area contributed by atoms with Gasteiger partial charge in [-0.25, -0.2) is 0 Å². The van der Waals surface area contributed by atoms with E-state index in [4.69, 9.17) is 0 Å². The molecule has 1 aromatic rings. The van der Waals surface area contributed by atoms with Crippen molar-refractivity contribution in [2.75, 3.05) is 13.1 Å². The summed E-state index contributed by atoms with van der Waals surface area (Å²) in [5.41, 5.74) is 3.61. The van der Waals surface area contributed by atoms with Crippen molar-refractivity contribution >= 4 is 17.3 Å². The summed E-state index contributed by atoms with van der Waals surface area (Å²) in [6.45, 7) is 8.50. The maximum absolute atomic E-state index is 13.0. The number of hydrogen-bond donors (Lipinski definition) is 0. The molecule has 1 fully saturated rings. The SMILES string of the molecule is CC#Cc1cc(C)c(C2=C([O-])CC3(CCN(C(C)=O)CC3)CC2=O)c(C)c1. The molecule has 1 aliphatic carbocycles. The Balaban J connectivity index is 1.94. The molecule has 0 atom stereocenters. The monoisotopic (exact) mass is 364 g/mol. The molecule has 1 amide bonds. The number of aryl methyl sites for hydroxylation is 2. The third-order valence-corrected chi connectivity index (χ3v) is 5.95. The number of carbonyl (C=O) groups is 2. The predicted molar refractivity (Wildman–Crippen MR) is 104 cm³/mol. The topological polar surface area (TPSA) is 60.4 Å². The molecule has 1 heterocycles. The smallest absolute Gasteiger partial charge is 0.219 e. The summed E-state index contributed by atoms with van der Waals surface area (Å²) in [4.78, 5) is 26.4. The fourth-order valence-corrected chi connectivity index (χ4v) is 4.58. The maximum atomic E-state index is 13.0. The zero-order valence-corrected chi connectivity index (χ0v) is 16.6. The largest absolute Gasteiger partial charge is 0.875 e. The molecule has 0 bridgehead atoms. The Bertz CT molecular complexity index is 867. The van der Waals surface area contributed by atoms with E-state index in [1.165, 1.54) is 0 Å². The molecule has 0 N–H and O–H groups in total. The molecule has 0 radical (unpaired) electrons. The van der Waals surface area contributed by atoms with E-state index >= 15 is 0 Å². The van der Waals surface area contributed by atoms with Crippen LogP contribution in [0.4, 0.5) is 0 Å². The van der Waals surface area contributed by atoms with E-state index in [9.17, 15) is 14.7 Å². The van der Waals surface area contributed by atoms with E-state index in [1.54, 1.807) is 18.7 Å². The minimum Gasteiger partial charge on any atom is -0.875 e. The van der Waals surface area contributed by atoms with Crippen molar-refractivity contribution in [1.29, 1.82) is 0 Å². The van der Waals surface area contributed by atoms with Crippen molar-refractivity contribution in [3.05, 3.63) is 40.1 Å². The van der Waals surface area contributed by atoms with Crippen LogP contribution >= 0.6 is 0 Å². The minimum absolute atomic E-state index is 0.0527. The molecule has 0 saturated carbocycles. The Kier molecular flexibility index (Phi) is 5.15. The van der Waals surface area contributed by atoms with Crippen LogP contribution in [0.2, 0.25) is 0 Å². The fourth-order valence-electron chi connectivity index (χ4n) is 4.58. The van der Waals surface area contributed by atoms with Crippen LogP contribution in [0.15, 0.2) is 17.9 Å². The predicted octanol–water partition coefficient (Wildman–Crippen LogP) is 2.74. The van der Waals surface area contributed by atoms with Gasteiger partial charge in [0.05, 0.1) is 0 Å². The lowest BCUT2D eigenvalue weighted by Crippen LogP contribution is -2.45. The van der Waals surface area contributed by atoms with Crippen LogP contribution in [-0.4, -0.2) is 29.7 Å². The first-order chi connectivity index (χ1) is 12.8. The third-order valence-electron chi connectivity index (χ3n) is 5.95.